The van der Waals surface area contributed by atoms with Crippen LogP contribution in [0.3, 0.4) is 0 Å². The van der Waals surface area contributed by atoms with Gasteiger partial charge in [0.15, 0.2) is 11.5 Å². The summed E-state index contributed by atoms with van der Waals surface area (Å²) in [7, 11) is 0. The van der Waals surface area contributed by atoms with E-state index in [0.29, 0.717) is 18.9 Å². The van der Waals surface area contributed by atoms with Crippen LogP contribution in [0.25, 0.3) is 0 Å². The molecule has 0 aliphatic heterocycles. The zero-order chi connectivity index (χ0) is 15.2. The van der Waals surface area contributed by atoms with Crippen molar-refractivity contribution < 1.29 is 9.84 Å². The number of nitrogens with one attached hydrogen (secondary N) is 1. The Labute approximate surface area is 130 Å². The van der Waals surface area contributed by atoms with Gasteiger partial charge in [-0.05, 0) is 49.2 Å². The standard InChI is InChI=1S/C17H20ClNO2/c1-3-21-17-10-13(4-9-16(17)20)11-19-12(2)14-5-7-15(18)8-6-14/h4-10,12,19-20H,3,11H2,1-2H3/t12-/m1/s1. The summed E-state index contributed by atoms with van der Waals surface area (Å²) in [5.74, 6) is 0.697. The number of phenolic OH excluding ortho intramolecular Hbond substituents is 1. The molecule has 2 aromatic rings. The summed E-state index contributed by atoms with van der Waals surface area (Å²) in [5, 5.41) is 13.9. The van der Waals surface area contributed by atoms with Gasteiger partial charge in [0.2, 0.25) is 0 Å². The normalized spacial score (nSPS) is 12.1. The maximum absolute atomic E-state index is 9.69. The Hall–Kier alpha value is -1.71. The van der Waals surface area contributed by atoms with Gasteiger partial charge < -0.3 is 15.2 Å². The smallest absolute Gasteiger partial charge is 0.161 e. The Morgan fingerprint density at radius 3 is 2.57 bits per heavy atom. The molecule has 21 heavy (non-hydrogen) atoms. The third-order valence-electron chi connectivity index (χ3n) is 3.31. The second-order valence-electron chi connectivity index (χ2n) is 4.89. The van der Waals surface area contributed by atoms with Crippen LogP contribution in [0.1, 0.15) is 31.0 Å². The number of hydrogen-bond acceptors (Lipinski definition) is 3. The Kier molecular flexibility index (Phi) is 5.48. The summed E-state index contributed by atoms with van der Waals surface area (Å²) < 4.78 is 5.39. The Balaban J connectivity index is 1.99. The van der Waals surface area contributed by atoms with Gasteiger partial charge in [0, 0.05) is 17.6 Å². The van der Waals surface area contributed by atoms with Crippen LogP contribution < -0.4 is 10.1 Å². The quantitative estimate of drug-likeness (QED) is 0.836. The van der Waals surface area contributed by atoms with Gasteiger partial charge in [-0.1, -0.05) is 29.8 Å². The van der Waals surface area contributed by atoms with Gasteiger partial charge in [0.05, 0.1) is 6.61 Å². The molecule has 3 nitrogen and oxygen atoms in total. The zero-order valence-electron chi connectivity index (χ0n) is 12.3. The summed E-state index contributed by atoms with van der Waals surface area (Å²) in [6, 6.07) is 13.4. The number of phenols is 1. The molecule has 0 spiro atoms. The van der Waals surface area contributed by atoms with Crippen molar-refractivity contribution in [3.8, 4) is 11.5 Å². The van der Waals surface area contributed by atoms with Crippen molar-refractivity contribution in [2.24, 2.45) is 0 Å². The fourth-order valence-corrected chi connectivity index (χ4v) is 2.21. The van der Waals surface area contributed by atoms with Crippen molar-refractivity contribution in [2.45, 2.75) is 26.4 Å². The van der Waals surface area contributed by atoms with Gasteiger partial charge in [0.1, 0.15) is 0 Å². The monoisotopic (exact) mass is 305 g/mol. The highest BCUT2D eigenvalue weighted by Crippen LogP contribution is 2.27. The van der Waals surface area contributed by atoms with E-state index >= 15 is 0 Å². The number of halogens is 1. The Bertz CT molecular complexity index is 584. The predicted molar refractivity (Wildman–Crippen MR) is 86.0 cm³/mol. The van der Waals surface area contributed by atoms with Crippen LogP contribution >= 0.6 is 11.6 Å². The van der Waals surface area contributed by atoms with Gasteiger partial charge in [0.25, 0.3) is 0 Å². The van der Waals surface area contributed by atoms with Gasteiger partial charge >= 0.3 is 0 Å². The molecule has 0 amide bonds. The molecule has 0 aromatic heterocycles. The molecule has 2 N–H and O–H groups in total. The molecule has 112 valence electrons. The lowest BCUT2D eigenvalue weighted by Gasteiger charge is -2.15. The molecular formula is C17H20ClNO2. The first-order valence-corrected chi connectivity index (χ1v) is 7.41. The molecule has 0 heterocycles. The minimum atomic E-state index is 0.173. The van der Waals surface area contributed by atoms with Crippen LogP contribution in [0.2, 0.25) is 5.02 Å². The highest BCUT2D eigenvalue weighted by atomic mass is 35.5. The molecule has 0 aliphatic rings. The van der Waals surface area contributed by atoms with Gasteiger partial charge in [-0.15, -0.1) is 0 Å². The molecular weight excluding hydrogens is 286 g/mol. The highest BCUT2D eigenvalue weighted by Gasteiger charge is 2.07. The van der Waals surface area contributed by atoms with E-state index in [1.54, 1.807) is 6.07 Å². The fourth-order valence-electron chi connectivity index (χ4n) is 2.08. The summed E-state index contributed by atoms with van der Waals surface area (Å²) in [6.45, 7) is 5.23. The summed E-state index contributed by atoms with van der Waals surface area (Å²) >= 11 is 5.89. The molecule has 0 radical (unpaired) electrons. The third kappa shape index (κ3) is 4.38. The number of hydrogen-bond donors (Lipinski definition) is 2. The molecule has 2 aromatic carbocycles. The van der Waals surface area contributed by atoms with Crippen LogP contribution in [0.4, 0.5) is 0 Å². The largest absolute Gasteiger partial charge is 0.504 e. The molecule has 2 rings (SSSR count). The van der Waals surface area contributed by atoms with Crippen molar-refractivity contribution in [3.63, 3.8) is 0 Å². The minimum Gasteiger partial charge on any atom is -0.504 e. The topological polar surface area (TPSA) is 41.5 Å². The van der Waals surface area contributed by atoms with Crippen molar-refractivity contribution in [1.29, 1.82) is 0 Å². The maximum atomic E-state index is 9.69. The molecule has 0 saturated heterocycles. The molecule has 0 bridgehead atoms. The molecule has 0 unspecified atom stereocenters. The molecule has 0 aliphatic carbocycles. The minimum absolute atomic E-state index is 0.173. The molecule has 0 fully saturated rings. The van der Waals surface area contributed by atoms with Crippen LogP contribution in [0.5, 0.6) is 11.5 Å². The van der Waals surface area contributed by atoms with Gasteiger partial charge in [-0.2, -0.15) is 0 Å². The average Bonchev–Trinajstić information content (AvgIpc) is 2.48. The van der Waals surface area contributed by atoms with Crippen LogP contribution in [-0.4, -0.2) is 11.7 Å². The lowest BCUT2D eigenvalue weighted by atomic mass is 10.1. The Morgan fingerprint density at radius 2 is 1.90 bits per heavy atom. The summed E-state index contributed by atoms with van der Waals surface area (Å²) in [6.07, 6.45) is 0. The van der Waals surface area contributed by atoms with Crippen LogP contribution in [0.15, 0.2) is 42.5 Å². The fraction of sp³-hybridized carbons (Fsp3) is 0.294. The molecule has 0 saturated carbocycles. The SMILES string of the molecule is CCOc1cc(CN[C@H](C)c2ccc(Cl)cc2)ccc1O. The third-order valence-corrected chi connectivity index (χ3v) is 3.56. The van der Waals surface area contributed by atoms with E-state index in [2.05, 4.69) is 12.2 Å². The van der Waals surface area contributed by atoms with E-state index in [9.17, 15) is 5.11 Å². The van der Waals surface area contributed by atoms with Crippen molar-refractivity contribution in [3.05, 3.63) is 58.6 Å². The molecule has 4 heteroatoms. The van der Waals surface area contributed by atoms with Crippen molar-refractivity contribution >= 4 is 11.6 Å². The van der Waals surface area contributed by atoms with Gasteiger partial charge in [-0.3, -0.25) is 0 Å². The first kappa shape index (κ1) is 15.7. The Morgan fingerprint density at radius 1 is 1.19 bits per heavy atom. The molecule has 1 atom stereocenters. The highest BCUT2D eigenvalue weighted by molar-refractivity contribution is 6.30. The maximum Gasteiger partial charge on any atom is 0.161 e. The number of rotatable bonds is 6. The lowest BCUT2D eigenvalue weighted by molar-refractivity contribution is 0.317. The predicted octanol–water partition coefficient (Wildman–Crippen LogP) is 4.30. The number of benzene rings is 2. The zero-order valence-corrected chi connectivity index (χ0v) is 13.0. The van der Waals surface area contributed by atoms with Crippen LogP contribution in [-0.2, 0) is 6.54 Å². The van der Waals surface area contributed by atoms with E-state index in [1.165, 1.54) is 5.56 Å². The van der Waals surface area contributed by atoms with E-state index < -0.39 is 0 Å². The second kappa shape index (κ2) is 7.34. The van der Waals surface area contributed by atoms with E-state index in [4.69, 9.17) is 16.3 Å². The van der Waals surface area contributed by atoms with E-state index in [-0.39, 0.29) is 11.8 Å². The van der Waals surface area contributed by atoms with Crippen molar-refractivity contribution in [1.82, 2.24) is 5.32 Å². The first-order chi connectivity index (χ1) is 10.1. The average molecular weight is 306 g/mol. The second-order valence-corrected chi connectivity index (χ2v) is 5.33. The van der Waals surface area contributed by atoms with Gasteiger partial charge in [-0.25, -0.2) is 0 Å². The lowest BCUT2D eigenvalue weighted by Crippen LogP contribution is -2.18. The summed E-state index contributed by atoms with van der Waals surface area (Å²) in [4.78, 5) is 0. The first-order valence-electron chi connectivity index (χ1n) is 7.03. The van der Waals surface area contributed by atoms with E-state index in [1.807, 2.05) is 43.3 Å². The van der Waals surface area contributed by atoms with Crippen LogP contribution in [0, 0.1) is 0 Å². The summed E-state index contributed by atoms with van der Waals surface area (Å²) in [5.41, 5.74) is 2.25. The number of aromatic hydroxyl groups is 1. The van der Waals surface area contributed by atoms with E-state index in [0.717, 1.165) is 10.6 Å². The van der Waals surface area contributed by atoms with Crippen molar-refractivity contribution in [2.75, 3.05) is 6.61 Å². The number of ether oxygens (including phenoxy) is 1.